The van der Waals surface area contributed by atoms with Crippen molar-refractivity contribution in [3.05, 3.63) is 102 Å². The standard InChI is InChI=1S/C29H26F5N7O2/c1-28(29(32,33)34,38-24(16-42)18-7-3-2-4-8-18)17-36-26-21(31)14-35-27(37-26)23-13-25(22-11-12-43-40-22)41(39-23)15-19-9-5-6-10-20(19)30/h2-14,24,38,42H,15-17H2,1H3,(H,35,36,37)/t24?,28-/m1/s1. The van der Waals surface area contributed by atoms with Gasteiger partial charge in [-0.2, -0.15) is 18.3 Å². The molecular formula is C29H26F5N7O2. The van der Waals surface area contributed by atoms with Gasteiger partial charge in [0.2, 0.25) is 0 Å². The van der Waals surface area contributed by atoms with E-state index in [1.54, 1.807) is 54.6 Å². The zero-order chi connectivity index (χ0) is 30.6. The van der Waals surface area contributed by atoms with Gasteiger partial charge in [0.05, 0.1) is 31.1 Å². The van der Waals surface area contributed by atoms with E-state index in [2.05, 4.69) is 30.9 Å². The van der Waals surface area contributed by atoms with Crippen LogP contribution in [-0.2, 0) is 6.54 Å². The van der Waals surface area contributed by atoms with Gasteiger partial charge in [0.1, 0.15) is 29.0 Å². The molecule has 2 aromatic carbocycles. The Morgan fingerprint density at radius 3 is 2.40 bits per heavy atom. The summed E-state index contributed by atoms with van der Waals surface area (Å²) in [6.07, 6.45) is -2.64. The Bertz CT molecular complexity index is 1660. The fourth-order valence-electron chi connectivity index (χ4n) is 4.40. The number of rotatable bonds is 11. The molecule has 43 heavy (non-hydrogen) atoms. The molecule has 0 amide bonds. The highest BCUT2D eigenvalue weighted by atomic mass is 19.4. The van der Waals surface area contributed by atoms with Gasteiger partial charge in [-0.05, 0) is 24.6 Å². The topological polar surface area (TPSA) is 114 Å². The lowest BCUT2D eigenvalue weighted by molar-refractivity contribution is -0.190. The minimum atomic E-state index is -4.80. The predicted octanol–water partition coefficient (Wildman–Crippen LogP) is 5.38. The van der Waals surface area contributed by atoms with Crippen LogP contribution in [-0.4, -0.2) is 54.9 Å². The normalized spacial score (nSPS) is 13.9. The van der Waals surface area contributed by atoms with Crippen LogP contribution in [0.25, 0.3) is 22.9 Å². The Labute approximate surface area is 242 Å². The van der Waals surface area contributed by atoms with Crippen LogP contribution in [0, 0.1) is 11.6 Å². The highest BCUT2D eigenvalue weighted by molar-refractivity contribution is 5.63. The highest BCUT2D eigenvalue weighted by Gasteiger charge is 2.52. The van der Waals surface area contributed by atoms with E-state index in [4.69, 9.17) is 4.52 Å². The molecule has 5 rings (SSSR count). The quantitative estimate of drug-likeness (QED) is 0.174. The van der Waals surface area contributed by atoms with Crippen LogP contribution in [0.15, 0.2) is 83.7 Å². The molecule has 3 N–H and O–H groups in total. The number of benzene rings is 2. The monoisotopic (exact) mass is 599 g/mol. The minimum Gasteiger partial charge on any atom is -0.394 e. The van der Waals surface area contributed by atoms with Gasteiger partial charge in [-0.15, -0.1) is 0 Å². The van der Waals surface area contributed by atoms with Gasteiger partial charge < -0.3 is 14.9 Å². The molecule has 3 aromatic heterocycles. The summed E-state index contributed by atoms with van der Waals surface area (Å²) >= 11 is 0. The summed E-state index contributed by atoms with van der Waals surface area (Å²) in [5.41, 5.74) is -0.892. The molecule has 0 saturated heterocycles. The second-order valence-corrected chi connectivity index (χ2v) is 9.91. The van der Waals surface area contributed by atoms with Gasteiger partial charge in [-0.1, -0.05) is 53.7 Å². The maximum Gasteiger partial charge on any atom is 0.408 e. The van der Waals surface area contributed by atoms with Crippen molar-refractivity contribution in [1.82, 2.24) is 30.2 Å². The highest BCUT2D eigenvalue weighted by Crippen LogP contribution is 2.33. The van der Waals surface area contributed by atoms with E-state index in [9.17, 15) is 27.1 Å². The average molecular weight is 600 g/mol. The molecule has 0 aliphatic rings. The van der Waals surface area contributed by atoms with Gasteiger partial charge in [0, 0.05) is 18.2 Å². The SMILES string of the molecule is C[C@](CNc1nc(-c2cc(-c3ccon3)n(Cc3ccccc3F)n2)ncc1F)(NC(CO)c1ccccc1)C(F)(F)F. The van der Waals surface area contributed by atoms with Crippen molar-refractivity contribution in [2.45, 2.75) is 31.2 Å². The average Bonchev–Trinajstić information content (AvgIpc) is 3.67. The van der Waals surface area contributed by atoms with Gasteiger partial charge in [-0.25, -0.2) is 18.7 Å². The summed E-state index contributed by atoms with van der Waals surface area (Å²) in [6, 6.07) is 16.3. The van der Waals surface area contributed by atoms with Crippen LogP contribution in [0.1, 0.15) is 24.1 Å². The van der Waals surface area contributed by atoms with Crippen molar-refractivity contribution in [3.8, 4) is 22.9 Å². The first-order valence-corrected chi connectivity index (χ1v) is 13.1. The zero-order valence-electron chi connectivity index (χ0n) is 22.7. The molecule has 0 bridgehead atoms. The molecule has 224 valence electrons. The number of nitrogens with one attached hydrogen (secondary N) is 2. The second kappa shape index (κ2) is 12.3. The number of hydrogen-bond donors (Lipinski definition) is 3. The van der Waals surface area contributed by atoms with E-state index in [1.165, 1.54) is 23.1 Å². The first-order valence-electron chi connectivity index (χ1n) is 13.1. The van der Waals surface area contributed by atoms with E-state index >= 15 is 0 Å². The van der Waals surface area contributed by atoms with Gasteiger partial charge in [-0.3, -0.25) is 10.00 Å². The van der Waals surface area contributed by atoms with Crippen molar-refractivity contribution in [1.29, 1.82) is 0 Å². The number of aliphatic hydroxyl groups excluding tert-OH is 1. The van der Waals surface area contributed by atoms with Crippen molar-refractivity contribution in [2.75, 3.05) is 18.5 Å². The molecule has 9 nitrogen and oxygen atoms in total. The number of anilines is 1. The Balaban J connectivity index is 1.43. The van der Waals surface area contributed by atoms with Crippen molar-refractivity contribution < 1.29 is 31.6 Å². The maximum absolute atomic E-state index is 14.8. The van der Waals surface area contributed by atoms with Crippen LogP contribution >= 0.6 is 0 Å². The fraction of sp³-hybridized carbons (Fsp3) is 0.241. The first kappa shape index (κ1) is 29.8. The molecule has 5 aromatic rings. The summed E-state index contributed by atoms with van der Waals surface area (Å²) in [6.45, 7) is -0.533. The lowest BCUT2D eigenvalue weighted by Gasteiger charge is -2.36. The number of hydrogen-bond acceptors (Lipinski definition) is 8. The molecule has 0 fully saturated rings. The summed E-state index contributed by atoms with van der Waals surface area (Å²) in [5, 5.41) is 23.1. The summed E-state index contributed by atoms with van der Waals surface area (Å²) < 4.78 is 78.4. The molecule has 0 saturated carbocycles. The Morgan fingerprint density at radius 1 is 0.977 bits per heavy atom. The van der Waals surface area contributed by atoms with Crippen LogP contribution in [0.3, 0.4) is 0 Å². The van der Waals surface area contributed by atoms with Crippen LogP contribution < -0.4 is 10.6 Å². The molecule has 1 unspecified atom stereocenters. The summed E-state index contributed by atoms with van der Waals surface area (Å²) in [7, 11) is 0. The van der Waals surface area contributed by atoms with E-state index in [1.807, 2.05) is 0 Å². The molecular weight excluding hydrogens is 573 g/mol. The third kappa shape index (κ3) is 6.54. The van der Waals surface area contributed by atoms with E-state index in [0.29, 0.717) is 22.5 Å². The van der Waals surface area contributed by atoms with Crippen molar-refractivity contribution in [2.24, 2.45) is 0 Å². The molecule has 2 atom stereocenters. The lowest BCUT2D eigenvalue weighted by atomic mass is 9.97. The number of alkyl halides is 3. The molecule has 0 aliphatic heterocycles. The van der Waals surface area contributed by atoms with Crippen LogP contribution in [0.2, 0.25) is 0 Å². The number of nitrogens with zero attached hydrogens (tertiary/aromatic N) is 5. The molecule has 3 heterocycles. The van der Waals surface area contributed by atoms with Crippen LogP contribution in [0.5, 0.6) is 0 Å². The van der Waals surface area contributed by atoms with Gasteiger partial charge in [0.25, 0.3) is 0 Å². The lowest BCUT2D eigenvalue weighted by Crippen LogP contribution is -2.60. The third-order valence-electron chi connectivity index (χ3n) is 6.84. The minimum absolute atomic E-state index is 0.00418. The number of aromatic nitrogens is 5. The van der Waals surface area contributed by atoms with E-state index in [0.717, 1.165) is 13.1 Å². The van der Waals surface area contributed by atoms with Crippen molar-refractivity contribution in [3.63, 3.8) is 0 Å². The molecule has 0 spiro atoms. The van der Waals surface area contributed by atoms with Crippen molar-refractivity contribution >= 4 is 5.82 Å². The van der Waals surface area contributed by atoms with E-state index in [-0.39, 0.29) is 18.1 Å². The Kier molecular flexibility index (Phi) is 8.50. The largest absolute Gasteiger partial charge is 0.408 e. The number of halogens is 5. The summed E-state index contributed by atoms with van der Waals surface area (Å²) in [4.78, 5) is 8.08. The smallest absolute Gasteiger partial charge is 0.394 e. The Morgan fingerprint density at radius 2 is 1.72 bits per heavy atom. The fourth-order valence-corrected chi connectivity index (χ4v) is 4.40. The van der Waals surface area contributed by atoms with Crippen LogP contribution in [0.4, 0.5) is 27.8 Å². The number of aliphatic hydroxyl groups is 1. The third-order valence-corrected chi connectivity index (χ3v) is 6.84. The van der Waals surface area contributed by atoms with Gasteiger partial charge in [0.15, 0.2) is 17.5 Å². The maximum atomic E-state index is 14.8. The second-order valence-electron chi connectivity index (χ2n) is 9.91. The summed E-state index contributed by atoms with van der Waals surface area (Å²) in [5.74, 6) is -2.03. The molecule has 0 radical (unpaired) electrons. The molecule has 0 aliphatic carbocycles. The zero-order valence-corrected chi connectivity index (χ0v) is 22.7. The molecule has 14 heteroatoms. The predicted molar refractivity (Wildman–Crippen MR) is 147 cm³/mol. The first-order chi connectivity index (χ1) is 20.6. The van der Waals surface area contributed by atoms with Gasteiger partial charge >= 0.3 is 6.18 Å². The Hall–Kier alpha value is -4.69. The van der Waals surface area contributed by atoms with E-state index < -0.39 is 48.4 Å².